The SMILES string of the molecule is C1=Cc2ccccc2ON=C1C1=Cc2ccccc2SN=C1. The fourth-order valence-electron chi connectivity index (χ4n) is 2.32. The number of hydrogen-bond donors (Lipinski definition) is 0. The van der Waals surface area contributed by atoms with Crippen molar-refractivity contribution in [3.8, 4) is 5.75 Å². The van der Waals surface area contributed by atoms with Crippen LogP contribution in [0.25, 0.3) is 12.2 Å². The second-order valence-electron chi connectivity index (χ2n) is 4.90. The van der Waals surface area contributed by atoms with Crippen LogP contribution in [0.15, 0.2) is 74.6 Å². The van der Waals surface area contributed by atoms with Crippen LogP contribution in [-0.4, -0.2) is 11.9 Å². The van der Waals surface area contributed by atoms with Gasteiger partial charge in [-0.1, -0.05) is 41.6 Å². The van der Waals surface area contributed by atoms with E-state index < -0.39 is 0 Å². The van der Waals surface area contributed by atoms with Crippen LogP contribution in [0, 0.1) is 0 Å². The van der Waals surface area contributed by atoms with Crippen molar-refractivity contribution in [3.05, 3.63) is 71.3 Å². The van der Waals surface area contributed by atoms with Crippen molar-refractivity contribution in [2.45, 2.75) is 4.90 Å². The highest BCUT2D eigenvalue weighted by Crippen LogP contribution is 2.29. The van der Waals surface area contributed by atoms with Crippen molar-refractivity contribution < 1.29 is 4.84 Å². The molecule has 4 heteroatoms. The smallest absolute Gasteiger partial charge is 0.165 e. The first-order valence-corrected chi connectivity index (χ1v) is 7.71. The molecule has 0 aromatic heterocycles. The number of oxime groups is 1. The van der Waals surface area contributed by atoms with Crippen molar-refractivity contribution in [3.63, 3.8) is 0 Å². The van der Waals surface area contributed by atoms with E-state index in [2.05, 4.69) is 27.8 Å². The summed E-state index contributed by atoms with van der Waals surface area (Å²) in [5, 5.41) is 4.26. The maximum Gasteiger partial charge on any atom is 0.165 e. The van der Waals surface area contributed by atoms with Gasteiger partial charge >= 0.3 is 0 Å². The van der Waals surface area contributed by atoms with E-state index in [1.54, 1.807) is 0 Å². The van der Waals surface area contributed by atoms with Crippen molar-refractivity contribution in [1.82, 2.24) is 0 Å². The van der Waals surface area contributed by atoms with Gasteiger partial charge in [0.15, 0.2) is 5.75 Å². The molecule has 0 saturated heterocycles. The normalized spacial score (nSPS) is 15.6. The summed E-state index contributed by atoms with van der Waals surface area (Å²) < 4.78 is 4.40. The molecule has 2 heterocycles. The highest BCUT2D eigenvalue weighted by Gasteiger charge is 2.12. The molecule has 2 aromatic carbocycles. The molecule has 22 heavy (non-hydrogen) atoms. The van der Waals surface area contributed by atoms with Crippen LogP contribution in [0.3, 0.4) is 0 Å². The Morgan fingerprint density at radius 2 is 1.68 bits per heavy atom. The Kier molecular flexibility index (Phi) is 3.37. The molecule has 2 aliphatic rings. The van der Waals surface area contributed by atoms with Crippen LogP contribution in [-0.2, 0) is 0 Å². The van der Waals surface area contributed by atoms with Gasteiger partial charge in [0.05, 0.1) is 0 Å². The maximum absolute atomic E-state index is 5.56. The van der Waals surface area contributed by atoms with Crippen molar-refractivity contribution in [2.75, 3.05) is 0 Å². The highest BCUT2D eigenvalue weighted by molar-refractivity contribution is 7.98. The fraction of sp³-hybridized carbons (Fsp3) is 0. The predicted molar refractivity (Wildman–Crippen MR) is 92.3 cm³/mol. The Hall–Kier alpha value is -2.59. The minimum Gasteiger partial charge on any atom is -0.356 e. The molecule has 2 aromatic rings. The zero-order chi connectivity index (χ0) is 14.8. The minimum absolute atomic E-state index is 0.759. The monoisotopic (exact) mass is 304 g/mol. The van der Waals surface area contributed by atoms with Crippen LogP contribution >= 0.6 is 11.9 Å². The molecule has 0 amide bonds. The van der Waals surface area contributed by atoms with Crippen LogP contribution in [0.4, 0.5) is 0 Å². The predicted octanol–water partition coefficient (Wildman–Crippen LogP) is 4.62. The standard InChI is InChI=1S/C18H12N2OS/c1-3-7-17-13(5-1)9-10-16(20-21-17)15-11-14-6-2-4-8-18(14)22-19-12-15/h1-12H. The molecule has 4 rings (SSSR count). The maximum atomic E-state index is 5.56. The zero-order valence-corrected chi connectivity index (χ0v) is 12.5. The molecule has 106 valence electrons. The third kappa shape index (κ3) is 2.49. The first-order valence-electron chi connectivity index (χ1n) is 6.94. The fourth-order valence-corrected chi connectivity index (χ4v) is 2.97. The molecule has 0 bridgehead atoms. The van der Waals surface area contributed by atoms with E-state index in [-0.39, 0.29) is 0 Å². The first-order chi connectivity index (χ1) is 10.9. The van der Waals surface area contributed by atoms with Crippen LogP contribution in [0.2, 0.25) is 0 Å². The van der Waals surface area contributed by atoms with E-state index in [4.69, 9.17) is 4.84 Å². The summed E-state index contributed by atoms with van der Waals surface area (Å²) in [4.78, 5) is 6.69. The number of fused-ring (bicyclic) bond motifs is 2. The number of rotatable bonds is 1. The molecule has 0 N–H and O–H groups in total. The Bertz CT molecular complexity index is 850. The number of hydrogen-bond acceptors (Lipinski definition) is 4. The molecule has 0 spiro atoms. The average Bonchev–Trinajstić information content (AvgIpc) is 2.90. The largest absolute Gasteiger partial charge is 0.356 e. The van der Waals surface area contributed by atoms with Gasteiger partial charge < -0.3 is 4.84 Å². The van der Waals surface area contributed by atoms with E-state index in [9.17, 15) is 0 Å². The molecule has 0 saturated carbocycles. The molecule has 0 fully saturated rings. The molecular weight excluding hydrogens is 292 g/mol. The summed E-state index contributed by atoms with van der Waals surface area (Å²) in [6, 6.07) is 16.0. The summed E-state index contributed by atoms with van der Waals surface area (Å²) >= 11 is 1.47. The van der Waals surface area contributed by atoms with Gasteiger partial charge in [-0.25, -0.2) is 4.40 Å². The molecule has 0 aliphatic carbocycles. The Morgan fingerprint density at radius 3 is 2.64 bits per heavy atom. The van der Waals surface area contributed by atoms with Gasteiger partial charge in [0, 0.05) is 34.2 Å². The second kappa shape index (κ2) is 5.66. The average molecular weight is 304 g/mol. The molecule has 0 radical (unpaired) electrons. The van der Waals surface area contributed by atoms with E-state index in [1.807, 2.05) is 54.8 Å². The van der Waals surface area contributed by atoms with Gasteiger partial charge in [0.25, 0.3) is 0 Å². The van der Waals surface area contributed by atoms with Gasteiger partial charge in [-0.15, -0.1) is 0 Å². The minimum atomic E-state index is 0.759. The van der Waals surface area contributed by atoms with Crippen LogP contribution in [0.1, 0.15) is 11.1 Å². The third-order valence-corrected chi connectivity index (χ3v) is 4.23. The lowest BCUT2D eigenvalue weighted by Gasteiger charge is -2.02. The summed E-state index contributed by atoms with van der Waals surface area (Å²) in [7, 11) is 0. The summed E-state index contributed by atoms with van der Waals surface area (Å²) in [6.45, 7) is 0. The van der Waals surface area contributed by atoms with Crippen LogP contribution in [0.5, 0.6) is 5.75 Å². The number of benzene rings is 2. The summed E-state index contributed by atoms with van der Waals surface area (Å²) in [5.41, 5.74) is 3.85. The lowest BCUT2D eigenvalue weighted by molar-refractivity contribution is 0.342. The van der Waals surface area contributed by atoms with E-state index >= 15 is 0 Å². The van der Waals surface area contributed by atoms with Gasteiger partial charge in [-0.05, 0) is 35.9 Å². The lowest BCUT2D eigenvalue weighted by Crippen LogP contribution is -2.01. The topological polar surface area (TPSA) is 34.0 Å². The zero-order valence-electron chi connectivity index (χ0n) is 11.6. The van der Waals surface area contributed by atoms with E-state index in [0.29, 0.717) is 0 Å². The molecule has 0 unspecified atom stereocenters. The van der Waals surface area contributed by atoms with Crippen LogP contribution < -0.4 is 4.84 Å². The molecule has 0 atom stereocenters. The molecule has 3 nitrogen and oxygen atoms in total. The van der Waals surface area contributed by atoms with E-state index in [0.717, 1.165) is 33.1 Å². The number of nitrogens with zero attached hydrogens (tertiary/aromatic N) is 2. The first kappa shape index (κ1) is 13.1. The number of allylic oxidation sites excluding steroid dienone is 2. The van der Waals surface area contributed by atoms with Crippen molar-refractivity contribution in [2.24, 2.45) is 9.55 Å². The van der Waals surface area contributed by atoms with Gasteiger partial charge in [0.1, 0.15) is 5.71 Å². The van der Waals surface area contributed by atoms with Crippen molar-refractivity contribution in [1.29, 1.82) is 0 Å². The van der Waals surface area contributed by atoms with E-state index in [1.165, 1.54) is 11.9 Å². The van der Waals surface area contributed by atoms with Gasteiger partial charge in [-0.3, -0.25) is 0 Å². The van der Waals surface area contributed by atoms with Crippen molar-refractivity contribution >= 4 is 36.0 Å². The van der Waals surface area contributed by atoms with Gasteiger partial charge in [0.2, 0.25) is 0 Å². The quantitative estimate of drug-likeness (QED) is 0.720. The third-order valence-electron chi connectivity index (χ3n) is 3.45. The molecule has 2 aliphatic heterocycles. The number of para-hydroxylation sites is 1. The Morgan fingerprint density at radius 1 is 0.864 bits per heavy atom. The highest BCUT2D eigenvalue weighted by atomic mass is 32.2. The summed E-state index contributed by atoms with van der Waals surface area (Å²) in [5.74, 6) is 0.759. The Balaban J connectivity index is 1.74. The Labute approximate surface area is 132 Å². The second-order valence-corrected chi connectivity index (χ2v) is 5.74. The summed E-state index contributed by atoms with van der Waals surface area (Å²) in [6.07, 6.45) is 7.89. The lowest BCUT2D eigenvalue weighted by atomic mass is 10.1. The molecular formula is C18H12N2OS. The van der Waals surface area contributed by atoms with Gasteiger partial charge in [-0.2, -0.15) is 0 Å².